The number of hydrogen-bond acceptors (Lipinski definition) is 6. The van der Waals surface area contributed by atoms with Crippen LogP contribution in [0.25, 0.3) is 0 Å². The van der Waals surface area contributed by atoms with E-state index in [1.165, 1.54) is 40.8 Å². The van der Waals surface area contributed by atoms with Gasteiger partial charge in [0, 0.05) is 34.7 Å². The first-order chi connectivity index (χ1) is 26.2. The summed E-state index contributed by atoms with van der Waals surface area (Å²) in [5.41, 5.74) is 6.05. The molecule has 0 aliphatic heterocycles. The molecule has 7 nitrogen and oxygen atoms in total. The number of aromatic nitrogens is 1. The molecule has 1 unspecified atom stereocenters. The molecule has 3 atom stereocenters. The number of nitrogens with one attached hydrogen (secondary N) is 2. The van der Waals surface area contributed by atoms with Gasteiger partial charge in [-0.15, -0.1) is 0 Å². The minimum Gasteiger partial charge on any atom is -0.494 e. The summed E-state index contributed by atoms with van der Waals surface area (Å²) >= 11 is 6.31. The van der Waals surface area contributed by atoms with Crippen molar-refractivity contribution in [1.29, 1.82) is 0 Å². The Hall–Kier alpha value is -4.07. The van der Waals surface area contributed by atoms with Crippen molar-refractivity contribution < 1.29 is 19.4 Å². The fourth-order valence-corrected chi connectivity index (χ4v) is 9.73. The van der Waals surface area contributed by atoms with Crippen molar-refractivity contribution in [2.24, 2.45) is 11.8 Å². The van der Waals surface area contributed by atoms with Crippen molar-refractivity contribution in [3.05, 3.63) is 118 Å². The lowest BCUT2D eigenvalue weighted by Gasteiger charge is -2.47. The molecule has 54 heavy (non-hydrogen) atoms. The highest BCUT2D eigenvalue weighted by atomic mass is 35.5. The van der Waals surface area contributed by atoms with E-state index in [2.05, 4.69) is 71.9 Å². The van der Waals surface area contributed by atoms with Crippen molar-refractivity contribution in [3.8, 4) is 11.5 Å². The summed E-state index contributed by atoms with van der Waals surface area (Å²) in [5.74, 6) is 2.26. The molecule has 1 fully saturated rings. The number of rotatable bonds is 16. The van der Waals surface area contributed by atoms with Crippen LogP contribution in [0.2, 0.25) is 5.02 Å². The molecular formula is C46H56ClN3O4. The number of pyridine rings is 1. The van der Waals surface area contributed by atoms with Crippen molar-refractivity contribution in [1.82, 2.24) is 10.3 Å². The third-order valence-electron chi connectivity index (χ3n) is 12.5. The second kappa shape index (κ2) is 17.2. The van der Waals surface area contributed by atoms with Gasteiger partial charge in [0.2, 0.25) is 0 Å². The van der Waals surface area contributed by atoms with Crippen LogP contribution in [0.3, 0.4) is 0 Å². The Bertz CT molecular complexity index is 1880. The zero-order valence-corrected chi connectivity index (χ0v) is 32.7. The van der Waals surface area contributed by atoms with E-state index in [0.29, 0.717) is 48.8 Å². The summed E-state index contributed by atoms with van der Waals surface area (Å²) in [5, 5.41) is 18.2. The van der Waals surface area contributed by atoms with Gasteiger partial charge in [-0.05, 0) is 153 Å². The van der Waals surface area contributed by atoms with Gasteiger partial charge in [0.15, 0.2) is 0 Å². The average molecular weight is 750 g/mol. The summed E-state index contributed by atoms with van der Waals surface area (Å²) < 4.78 is 13.0. The first kappa shape index (κ1) is 38.2. The quantitative estimate of drug-likeness (QED) is 0.0983. The Morgan fingerprint density at radius 1 is 1.00 bits per heavy atom. The summed E-state index contributed by atoms with van der Waals surface area (Å²) in [7, 11) is 0. The Labute approximate surface area is 326 Å². The maximum Gasteiger partial charge on any atom is 0.329 e. The molecule has 3 aromatic carbocycles. The molecule has 1 saturated carbocycles. The molecule has 0 radical (unpaired) electrons. The Morgan fingerprint density at radius 2 is 1.83 bits per heavy atom. The van der Waals surface area contributed by atoms with Crippen molar-refractivity contribution in [2.75, 3.05) is 25.1 Å². The first-order valence-electron chi connectivity index (χ1n) is 20.1. The Kier molecular flexibility index (Phi) is 12.1. The molecule has 0 bridgehead atoms. The van der Waals surface area contributed by atoms with E-state index in [4.69, 9.17) is 21.1 Å². The Balaban J connectivity index is 1.04. The van der Waals surface area contributed by atoms with Gasteiger partial charge in [-0.3, -0.25) is 4.98 Å². The molecule has 4 aromatic rings. The highest BCUT2D eigenvalue weighted by Gasteiger charge is 2.54. The lowest BCUT2D eigenvalue weighted by molar-refractivity contribution is -0.144. The van der Waals surface area contributed by atoms with Crippen molar-refractivity contribution >= 4 is 23.3 Å². The minimum atomic E-state index is -1.06. The number of carboxylic acids is 1. The number of carboxylic acid groups (broad SMARTS) is 1. The highest BCUT2D eigenvalue weighted by Crippen LogP contribution is 2.57. The molecule has 3 N–H and O–H groups in total. The maximum absolute atomic E-state index is 13.0. The predicted octanol–water partition coefficient (Wildman–Crippen LogP) is 10.1. The Morgan fingerprint density at radius 3 is 2.63 bits per heavy atom. The van der Waals surface area contributed by atoms with E-state index >= 15 is 0 Å². The standard InChI is InChI=1S/C46H56ClN3O4/c1-32(31-54-42-18-24-49-41-15-8-10-33(2)43(41)42)26-36-27-35-16-17-39(53-25-7-6-23-48-30-34-11-4-3-5-12-34)29-40(35)45(36)19-21-46(22-20-45,44(51)52)50-38-14-9-13-37(47)28-38/h3-5,9,11-14,16-18,24,28-29,32-33,36,48,50H,6-8,10,15,19-23,25-27,30-31H2,1-2H3,(H,51,52)/t32-,33-,36?,45?,46?/m1/s1. The predicted molar refractivity (Wildman–Crippen MR) is 217 cm³/mol. The molecule has 1 heterocycles. The third-order valence-corrected chi connectivity index (χ3v) is 12.7. The summed E-state index contributed by atoms with van der Waals surface area (Å²) in [6.07, 6.45) is 11.9. The second-order valence-electron chi connectivity index (χ2n) is 16.2. The fourth-order valence-electron chi connectivity index (χ4n) is 9.54. The lowest BCUT2D eigenvalue weighted by Crippen LogP contribution is -2.53. The van der Waals surface area contributed by atoms with Gasteiger partial charge in [0.1, 0.15) is 17.0 Å². The molecular weight excluding hydrogens is 694 g/mol. The number of hydrogen-bond donors (Lipinski definition) is 3. The monoisotopic (exact) mass is 749 g/mol. The van der Waals surface area contributed by atoms with Crippen LogP contribution < -0.4 is 20.1 Å². The van der Waals surface area contributed by atoms with Crippen LogP contribution in [0.15, 0.2) is 85.1 Å². The molecule has 286 valence electrons. The largest absolute Gasteiger partial charge is 0.494 e. The number of fused-ring (bicyclic) bond motifs is 3. The molecule has 3 aliphatic carbocycles. The zero-order chi connectivity index (χ0) is 37.5. The van der Waals surface area contributed by atoms with E-state index in [1.54, 1.807) is 0 Å². The minimum absolute atomic E-state index is 0.135. The number of aryl methyl sites for hydroxylation is 1. The zero-order valence-electron chi connectivity index (χ0n) is 31.9. The first-order valence-corrected chi connectivity index (χ1v) is 20.5. The van der Waals surface area contributed by atoms with Crippen molar-refractivity contribution in [2.45, 2.75) is 108 Å². The van der Waals surface area contributed by atoms with Crippen LogP contribution in [-0.4, -0.2) is 41.4 Å². The molecule has 8 heteroatoms. The molecule has 1 spiro atoms. The smallest absolute Gasteiger partial charge is 0.329 e. The fraction of sp³-hybridized carbons (Fsp3) is 0.478. The van der Waals surface area contributed by atoms with Gasteiger partial charge in [-0.25, -0.2) is 4.79 Å². The van der Waals surface area contributed by atoms with Crippen LogP contribution in [-0.2, 0) is 29.6 Å². The average Bonchev–Trinajstić information content (AvgIpc) is 3.46. The number of ether oxygens (including phenoxy) is 2. The van der Waals surface area contributed by atoms with Gasteiger partial charge in [0.25, 0.3) is 0 Å². The van der Waals surface area contributed by atoms with Gasteiger partial charge >= 0.3 is 5.97 Å². The number of unbranched alkanes of at least 4 members (excludes halogenated alkanes) is 1. The highest BCUT2D eigenvalue weighted by molar-refractivity contribution is 6.30. The van der Waals surface area contributed by atoms with E-state index in [0.717, 1.165) is 75.2 Å². The topological polar surface area (TPSA) is 92.7 Å². The van der Waals surface area contributed by atoms with E-state index < -0.39 is 11.5 Å². The van der Waals surface area contributed by atoms with Gasteiger partial charge in [0.05, 0.1) is 13.2 Å². The van der Waals surface area contributed by atoms with Gasteiger partial charge in [-0.1, -0.05) is 67.9 Å². The summed E-state index contributed by atoms with van der Waals surface area (Å²) in [6, 6.07) is 26.6. The van der Waals surface area contributed by atoms with Gasteiger partial charge < -0.3 is 25.2 Å². The summed E-state index contributed by atoms with van der Waals surface area (Å²) in [6.45, 7) is 7.74. The molecule has 3 aliphatic rings. The van der Waals surface area contributed by atoms with Crippen LogP contribution in [0.1, 0.15) is 106 Å². The van der Waals surface area contributed by atoms with Crippen LogP contribution in [0, 0.1) is 11.8 Å². The van der Waals surface area contributed by atoms with E-state index in [1.807, 2.05) is 42.6 Å². The maximum atomic E-state index is 13.0. The summed E-state index contributed by atoms with van der Waals surface area (Å²) in [4.78, 5) is 17.7. The molecule has 0 saturated heterocycles. The van der Waals surface area contributed by atoms with E-state index in [-0.39, 0.29) is 5.41 Å². The second-order valence-corrected chi connectivity index (χ2v) is 16.7. The van der Waals surface area contributed by atoms with Crippen molar-refractivity contribution in [3.63, 3.8) is 0 Å². The van der Waals surface area contributed by atoms with E-state index in [9.17, 15) is 9.90 Å². The van der Waals surface area contributed by atoms with Crippen LogP contribution >= 0.6 is 11.6 Å². The number of anilines is 1. The number of benzene rings is 3. The number of carbonyl (C=O) groups is 1. The molecule has 1 aromatic heterocycles. The third kappa shape index (κ3) is 8.58. The van der Waals surface area contributed by atoms with Crippen LogP contribution in [0.5, 0.6) is 11.5 Å². The number of nitrogens with zero attached hydrogens (tertiary/aromatic N) is 1. The number of halogens is 1. The number of aliphatic carboxylic acids is 1. The SMILES string of the molecule is C[C@@H](COc1ccnc2c1[C@H](C)CCC2)CC1Cc2ccc(OCCCCNCc3ccccc3)cc2C12CCC(Nc1cccc(Cl)c1)(C(=O)O)CC2. The molecule has 7 rings (SSSR count). The van der Waals surface area contributed by atoms with Crippen LogP contribution in [0.4, 0.5) is 5.69 Å². The van der Waals surface area contributed by atoms with Gasteiger partial charge in [-0.2, -0.15) is 0 Å². The molecule has 0 amide bonds. The lowest BCUT2D eigenvalue weighted by atomic mass is 9.59. The normalized spacial score (nSPS) is 23.7.